The van der Waals surface area contributed by atoms with Gasteiger partial charge in [0, 0.05) is 12.6 Å². The van der Waals surface area contributed by atoms with E-state index in [1.165, 1.54) is 0 Å². The second kappa shape index (κ2) is 9.55. The lowest BCUT2D eigenvalue weighted by Crippen LogP contribution is -2.03. The van der Waals surface area contributed by atoms with Gasteiger partial charge in [0.15, 0.2) is 11.5 Å². The highest BCUT2D eigenvalue weighted by Gasteiger charge is 2.08. The summed E-state index contributed by atoms with van der Waals surface area (Å²) in [6, 6.07) is 21.6. The molecule has 0 aliphatic heterocycles. The van der Waals surface area contributed by atoms with Crippen LogP contribution in [0.3, 0.4) is 0 Å². The van der Waals surface area contributed by atoms with Crippen molar-refractivity contribution < 1.29 is 18.9 Å². The first-order valence-electron chi connectivity index (χ1n) is 9.03. The molecule has 0 bridgehead atoms. The van der Waals surface area contributed by atoms with Crippen LogP contribution in [0, 0.1) is 0 Å². The van der Waals surface area contributed by atoms with Crippen LogP contribution in [0.2, 0.25) is 0 Å². The number of ether oxygens (including phenoxy) is 4. The number of anilines is 1. The third kappa shape index (κ3) is 4.88. The first-order valence-corrected chi connectivity index (χ1v) is 9.03. The maximum Gasteiger partial charge on any atom is 0.161 e. The van der Waals surface area contributed by atoms with E-state index in [1.807, 2.05) is 66.7 Å². The van der Waals surface area contributed by atoms with Crippen LogP contribution in [0.1, 0.15) is 11.1 Å². The Kier molecular flexibility index (Phi) is 6.63. The number of hydrogen-bond acceptors (Lipinski definition) is 5. The summed E-state index contributed by atoms with van der Waals surface area (Å²) < 4.78 is 22.1. The van der Waals surface area contributed by atoms with Gasteiger partial charge < -0.3 is 24.3 Å². The minimum absolute atomic E-state index is 0.496. The first kappa shape index (κ1) is 19.4. The van der Waals surface area contributed by atoms with E-state index in [-0.39, 0.29) is 0 Å². The lowest BCUT2D eigenvalue weighted by atomic mass is 10.2. The molecule has 0 saturated heterocycles. The van der Waals surface area contributed by atoms with E-state index in [4.69, 9.17) is 18.9 Å². The van der Waals surface area contributed by atoms with Gasteiger partial charge in [-0.2, -0.15) is 0 Å². The fraction of sp³-hybridized carbons (Fsp3) is 0.217. The fourth-order valence-electron chi connectivity index (χ4n) is 2.83. The van der Waals surface area contributed by atoms with Crippen molar-refractivity contribution in [2.75, 3.05) is 26.6 Å². The number of benzene rings is 3. The number of hydrogen-bond donors (Lipinski definition) is 1. The van der Waals surface area contributed by atoms with Crippen molar-refractivity contribution in [1.29, 1.82) is 0 Å². The summed E-state index contributed by atoms with van der Waals surface area (Å²) >= 11 is 0. The zero-order valence-electron chi connectivity index (χ0n) is 16.4. The summed E-state index contributed by atoms with van der Waals surface area (Å²) in [5, 5.41) is 3.38. The van der Waals surface area contributed by atoms with Crippen LogP contribution >= 0.6 is 0 Å². The molecule has 3 aromatic carbocycles. The summed E-state index contributed by atoms with van der Waals surface area (Å²) in [4.78, 5) is 0. The number of rotatable bonds is 9. The Labute approximate surface area is 165 Å². The monoisotopic (exact) mass is 379 g/mol. The Hall–Kier alpha value is -3.34. The maximum atomic E-state index is 5.92. The molecule has 0 fully saturated rings. The molecule has 5 nitrogen and oxygen atoms in total. The molecule has 0 heterocycles. The van der Waals surface area contributed by atoms with Gasteiger partial charge in [-0.1, -0.05) is 36.4 Å². The predicted molar refractivity (Wildman–Crippen MR) is 111 cm³/mol. The minimum atomic E-state index is 0.496. The molecule has 0 aromatic heterocycles. The van der Waals surface area contributed by atoms with Crippen LogP contribution < -0.4 is 24.3 Å². The topological polar surface area (TPSA) is 49.0 Å². The second-order valence-electron chi connectivity index (χ2n) is 6.18. The average molecular weight is 379 g/mol. The molecular weight excluding hydrogens is 354 g/mol. The normalized spacial score (nSPS) is 10.2. The van der Waals surface area contributed by atoms with E-state index >= 15 is 0 Å². The van der Waals surface area contributed by atoms with Crippen molar-refractivity contribution in [2.45, 2.75) is 13.2 Å². The Morgan fingerprint density at radius 1 is 0.679 bits per heavy atom. The average Bonchev–Trinajstić information content (AvgIpc) is 2.76. The smallest absolute Gasteiger partial charge is 0.161 e. The summed E-state index contributed by atoms with van der Waals surface area (Å²) in [6.07, 6.45) is 0. The molecular formula is C23H25NO4. The van der Waals surface area contributed by atoms with Crippen LogP contribution in [0.15, 0.2) is 66.7 Å². The highest BCUT2D eigenvalue weighted by atomic mass is 16.5. The molecule has 3 aromatic rings. The van der Waals surface area contributed by atoms with Crippen molar-refractivity contribution in [2.24, 2.45) is 0 Å². The Morgan fingerprint density at radius 2 is 1.43 bits per heavy atom. The number of methoxy groups -OCH3 is 3. The van der Waals surface area contributed by atoms with E-state index in [0.717, 1.165) is 28.3 Å². The summed E-state index contributed by atoms with van der Waals surface area (Å²) in [7, 11) is 4.94. The molecule has 1 N–H and O–H groups in total. The lowest BCUT2D eigenvalue weighted by molar-refractivity contribution is 0.284. The Balaban J connectivity index is 1.68. The van der Waals surface area contributed by atoms with Crippen molar-refractivity contribution in [3.05, 3.63) is 77.9 Å². The molecule has 0 radical (unpaired) electrons. The van der Waals surface area contributed by atoms with Crippen molar-refractivity contribution in [1.82, 2.24) is 0 Å². The highest BCUT2D eigenvalue weighted by Crippen LogP contribution is 2.31. The molecule has 0 spiro atoms. The van der Waals surface area contributed by atoms with E-state index < -0.39 is 0 Å². The minimum Gasteiger partial charge on any atom is -0.497 e. The van der Waals surface area contributed by atoms with Gasteiger partial charge in [-0.25, -0.2) is 0 Å². The summed E-state index contributed by atoms with van der Waals surface area (Å²) in [5.41, 5.74) is 3.04. The van der Waals surface area contributed by atoms with Gasteiger partial charge in [-0.05, 0) is 35.4 Å². The van der Waals surface area contributed by atoms with E-state index in [1.54, 1.807) is 21.3 Å². The van der Waals surface area contributed by atoms with Gasteiger partial charge in [-0.15, -0.1) is 0 Å². The lowest BCUT2D eigenvalue weighted by Gasteiger charge is -2.15. The summed E-state index contributed by atoms with van der Waals surface area (Å²) in [6.45, 7) is 1.11. The van der Waals surface area contributed by atoms with Gasteiger partial charge in [0.25, 0.3) is 0 Å². The predicted octanol–water partition coefficient (Wildman–Crippen LogP) is 4.90. The zero-order chi connectivity index (χ0) is 19.8. The molecule has 0 saturated carbocycles. The standard InChI is InChI=1S/C23H25NO4/c1-25-19-10-12-21(26-2)20(14-19)24-15-18-9-11-22(23(13-18)27-3)28-16-17-7-5-4-6-8-17/h4-14,24H,15-16H2,1-3H3. The van der Waals surface area contributed by atoms with Gasteiger partial charge in [0.05, 0.1) is 27.0 Å². The summed E-state index contributed by atoms with van der Waals surface area (Å²) in [5.74, 6) is 2.95. The third-order valence-corrected chi connectivity index (χ3v) is 4.35. The van der Waals surface area contributed by atoms with Gasteiger partial charge in [0.1, 0.15) is 18.1 Å². The van der Waals surface area contributed by atoms with Crippen molar-refractivity contribution >= 4 is 5.69 Å². The van der Waals surface area contributed by atoms with E-state index in [2.05, 4.69) is 5.32 Å². The molecule has 3 rings (SSSR count). The second-order valence-corrected chi connectivity index (χ2v) is 6.18. The molecule has 0 amide bonds. The van der Waals surface area contributed by atoms with Crippen LogP contribution in [0.5, 0.6) is 23.0 Å². The molecule has 0 aliphatic rings. The Bertz CT molecular complexity index is 896. The van der Waals surface area contributed by atoms with Gasteiger partial charge in [-0.3, -0.25) is 0 Å². The molecule has 0 atom stereocenters. The van der Waals surface area contributed by atoms with Crippen LogP contribution in [0.25, 0.3) is 0 Å². The van der Waals surface area contributed by atoms with Crippen LogP contribution in [-0.4, -0.2) is 21.3 Å². The van der Waals surface area contributed by atoms with Crippen molar-refractivity contribution in [3.63, 3.8) is 0 Å². The molecule has 0 aliphatic carbocycles. The highest BCUT2D eigenvalue weighted by molar-refractivity contribution is 5.60. The van der Waals surface area contributed by atoms with Gasteiger partial charge >= 0.3 is 0 Å². The number of nitrogens with one attached hydrogen (secondary N) is 1. The largest absolute Gasteiger partial charge is 0.497 e. The molecule has 5 heteroatoms. The zero-order valence-corrected chi connectivity index (χ0v) is 16.4. The van der Waals surface area contributed by atoms with Gasteiger partial charge in [0.2, 0.25) is 0 Å². The quantitative estimate of drug-likeness (QED) is 0.573. The third-order valence-electron chi connectivity index (χ3n) is 4.35. The van der Waals surface area contributed by atoms with E-state index in [0.29, 0.717) is 24.7 Å². The van der Waals surface area contributed by atoms with Crippen LogP contribution in [0.4, 0.5) is 5.69 Å². The molecule has 0 unspecified atom stereocenters. The molecule has 146 valence electrons. The Morgan fingerprint density at radius 3 is 2.14 bits per heavy atom. The van der Waals surface area contributed by atoms with E-state index in [9.17, 15) is 0 Å². The fourth-order valence-corrected chi connectivity index (χ4v) is 2.83. The first-order chi connectivity index (χ1) is 13.7. The SMILES string of the molecule is COc1ccc(OC)c(NCc2ccc(OCc3ccccc3)c(OC)c2)c1. The van der Waals surface area contributed by atoms with Crippen molar-refractivity contribution in [3.8, 4) is 23.0 Å². The maximum absolute atomic E-state index is 5.92. The van der Waals surface area contributed by atoms with Crippen LogP contribution in [-0.2, 0) is 13.2 Å². The molecule has 28 heavy (non-hydrogen) atoms.